The Kier molecular flexibility index (Phi) is 5.83. The summed E-state index contributed by atoms with van der Waals surface area (Å²) in [5, 5.41) is 3.44. The third kappa shape index (κ3) is 4.14. The van der Waals surface area contributed by atoms with Crippen LogP contribution in [0.2, 0.25) is 0 Å². The number of rotatable bonds is 5. The molecule has 29 heavy (non-hydrogen) atoms. The number of hydrogen-bond donors (Lipinski definition) is 1. The molecule has 4 rings (SSSR count). The molecule has 1 N–H and O–H groups in total. The van der Waals surface area contributed by atoms with Crippen LogP contribution in [0, 0.1) is 18.3 Å². The van der Waals surface area contributed by atoms with Crippen LogP contribution in [0.1, 0.15) is 70.3 Å². The Morgan fingerprint density at radius 2 is 1.97 bits per heavy atom. The zero-order chi connectivity index (χ0) is 20.6. The maximum Gasteiger partial charge on any atom is 0.226 e. The Labute approximate surface area is 175 Å². The normalized spacial score (nSPS) is 24.2. The van der Waals surface area contributed by atoms with E-state index in [-0.39, 0.29) is 5.92 Å². The van der Waals surface area contributed by atoms with E-state index in [0.717, 1.165) is 69.3 Å². The van der Waals surface area contributed by atoms with Crippen LogP contribution in [0.25, 0.3) is 0 Å². The average molecular weight is 400 g/mol. The number of aromatic nitrogens is 2. The first kappa shape index (κ1) is 20.6. The molecule has 0 aromatic carbocycles. The van der Waals surface area contributed by atoms with Crippen LogP contribution in [-0.2, 0) is 4.79 Å². The Morgan fingerprint density at radius 3 is 2.59 bits per heavy atom. The molecular weight excluding hydrogens is 362 g/mol. The van der Waals surface area contributed by atoms with Crippen LogP contribution in [0.15, 0.2) is 6.07 Å². The van der Waals surface area contributed by atoms with Crippen LogP contribution in [-0.4, -0.2) is 59.5 Å². The first-order valence-electron chi connectivity index (χ1n) is 11.6. The highest BCUT2D eigenvalue weighted by Crippen LogP contribution is 2.59. The van der Waals surface area contributed by atoms with Crippen molar-refractivity contribution in [2.24, 2.45) is 11.3 Å². The molecule has 0 radical (unpaired) electrons. The molecule has 1 atom stereocenters. The third-order valence-corrected chi connectivity index (χ3v) is 7.31. The van der Waals surface area contributed by atoms with Gasteiger partial charge in [-0.1, -0.05) is 13.8 Å². The zero-order valence-electron chi connectivity index (χ0n) is 18.6. The van der Waals surface area contributed by atoms with Gasteiger partial charge in [0.15, 0.2) is 0 Å². The molecule has 1 aliphatic carbocycles. The minimum atomic E-state index is 0.278. The predicted octanol–water partition coefficient (Wildman–Crippen LogP) is 3.12. The number of hydrogen-bond acceptors (Lipinski definition) is 5. The van der Waals surface area contributed by atoms with E-state index < -0.39 is 0 Å². The summed E-state index contributed by atoms with van der Waals surface area (Å²) in [5.41, 5.74) is 1.36. The van der Waals surface area contributed by atoms with E-state index >= 15 is 0 Å². The van der Waals surface area contributed by atoms with Gasteiger partial charge in [0.2, 0.25) is 5.91 Å². The molecule has 1 aromatic rings. The van der Waals surface area contributed by atoms with Gasteiger partial charge in [0.1, 0.15) is 11.6 Å². The predicted molar refractivity (Wildman–Crippen MR) is 116 cm³/mol. The number of aryl methyl sites for hydroxylation is 1. The van der Waals surface area contributed by atoms with Crippen molar-refractivity contribution in [1.82, 2.24) is 20.2 Å². The van der Waals surface area contributed by atoms with E-state index in [1.165, 1.54) is 12.8 Å². The number of anilines is 1. The molecule has 1 amide bonds. The van der Waals surface area contributed by atoms with E-state index in [4.69, 9.17) is 4.98 Å². The highest BCUT2D eigenvalue weighted by atomic mass is 16.2. The molecule has 160 valence electrons. The van der Waals surface area contributed by atoms with Crippen molar-refractivity contribution in [1.29, 1.82) is 0 Å². The number of piperidine rings is 2. The fraction of sp³-hybridized carbons (Fsp3) is 0.783. The highest BCUT2D eigenvalue weighted by molar-refractivity contribution is 5.83. The number of carbonyl (C=O) groups excluding carboxylic acids is 1. The van der Waals surface area contributed by atoms with Crippen LogP contribution >= 0.6 is 0 Å². The molecule has 1 aromatic heterocycles. The summed E-state index contributed by atoms with van der Waals surface area (Å²) < 4.78 is 0. The fourth-order valence-electron chi connectivity index (χ4n) is 5.37. The summed E-state index contributed by atoms with van der Waals surface area (Å²) in [4.78, 5) is 27.3. The van der Waals surface area contributed by atoms with Crippen molar-refractivity contribution < 1.29 is 4.79 Å². The lowest BCUT2D eigenvalue weighted by Gasteiger charge is -2.39. The van der Waals surface area contributed by atoms with Crippen molar-refractivity contribution in [3.8, 4) is 0 Å². The van der Waals surface area contributed by atoms with Gasteiger partial charge in [0, 0.05) is 49.3 Å². The van der Waals surface area contributed by atoms with Crippen molar-refractivity contribution in [3.63, 3.8) is 0 Å². The molecule has 1 spiro atoms. The van der Waals surface area contributed by atoms with Gasteiger partial charge < -0.3 is 15.1 Å². The summed E-state index contributed by atoms with van der Waals surface area (Å²) in [6, 6.07) is 2.47. The number of nitrogens with zero attached hydrogens (tertiary/aromatic N) is 4. The summed E-state index contributed by atoms with van der Waals surface area (Å²) in [6.07, 6.45) is 5.51. The first-order valence-corrected chi connectivity index (χ1v) is 11.6. The largest absolute Gasteiger partial charge is 0.356 e. The topological polar surface area (TPSA) is 61.4 Å². The quantitative estimate of drug-likeness (QED) is 0.824. The van der Waals surface area contributed by atoms with Gasteiger partial charge in [-0.05, 0) is 64.5 Å². The van der Waals surface area contributed by atoms with Crippen LogP contribution in [0.3, 0.4) is 0 Å². The molecular formula is C23H37N5O. The van der Waals surface area contributed by atoms with Gasteiger partial charge in [0.05, 0.1) is 0 Å². The summed E-state index contributed by atoms with van der Waals surface area (Å²) in [6.45, 7) is 13.4. The molecule has 1 unspecified atom stereocenters. The lowest BCUT2D eigenvalue weighted by atomic mass is 9.91. The molecule has 3 fully saturated rings. The van der Waals surface area contributed by atoms with Gasteiger partial charge in [-0.3, -0.25) is 4.79 Å². The van der Waals surface area contributed by atoms with Crippen LogP contribution in [0.5, 0.6) is 0 Å². The van der Waals surface area contributed by atoms with Crippen molar-refractivity contribution in [2.45, 2.75) is 71.8 Å². The van der Waals surface area contributed by atoms with E-state index in [1.807, 2.05) is 6.92 Å². The Hall–Kier alpha value is -1.69. The molecule has 2 saturated heterocycles. The highest BCUT2D eigenvalue weighted by Gasteiger charge is 2.58. The lowest BCUT2D eigenvalue weighted by molar-refractivity contribution is -0.136. The summed E-state index contributed by atoms with van der Waals surface area (Å²) >= 11 is 0. The Balaban J connectivity index is 1.38. The maximum atomic E-state index is 13.3. The SMILES string of the molecule is CCN(C(=O)C1CC12CCNCC2)C1CCN(c2cc(C)nc(C(C)C)n2)CC1. The van der Waals surface area contributed by atoms with Gasteiger partial charge >= 0.3 is 0 Å². The maximum absolute atomic E-state index is 13.3. The number of amides is 1. The summed E-state index contributed by atoms with van der Waals surface area (Å²) in [5.74, 6) is 3.01. The minimum absolute atomic E-state index is 0.278. The van der Waals surface area contributed by atoms with Crippen LogP contribution in [0.4, 0.5) is 5.82 Å². The monoisotopic (exact) mass is 399 g/mol. The molecule has 6 nitrogen and oxygen atoms in total. The van der Waals surface area contributed by atoms with Crippen molar-refractivity contribution in [3.05, 3.63) is 17.6 Å². The van der Waals surface area contributed by atoms with Gasteiger partial charge in [-0.25, -0.2) is 9.97 Å². The Bertz CT molecular complexity index is 735. The summed E-state index contributed by atoms with van der Waals surface area (Å²) in [7, 11) is 0. The lowest BCUT2D eigenvalue weighted by Crippen LogP contribution is -2.48. The third-order valence-electron chi connectivity index (χ3n) is 7.31. The van der Waals surface area contributed by atoms with Crippen LogP contribution < -0.4 is 10.2 Å². The number of carbonyl (C=O) groups is 1. The molecule has 0 bridgehead atoms. The fourth-order valence-corrected chi connectivity index (χ4v) is 5.37. The molecule has 3 heterocycles. The van der Waals surface area contributed by atoms with E-state index in [9.17, 15) is 4.79 Å². The van der Waals surface area contributed by atoms with Gasteiger partial charge in [-0.2, -0.15) is 0 Å². The van der Waals surface area contributed by atoms with E-state index in [1.54, 1.807) is 0 Å². The van der Waals surface area contributed by atoms with Crippen molar-refractivity contribution in [2.75, 3.05) is 37.6 Å². The molecule has 6 heteroatoms. The first-order chi connectivity index (χ1) is 13.9. The number of nitrogens with one attached hydrogen (secondary N) is 1. The van der Waals surface area contributed by atoms with Crippen molar-refractivity contribution >= 4 is 11.7 Å². The standard InChI is InChI=1S/C23H37N5O/c1-5-28(22(29)19-15-23(19)8-10-24-11-9-23)18-6-12-27(13-7-18)20-14-17(4)25-21(26-20)16(2)3/h14,16,18-19,24H,5-13,15H2,1-4H3. The van der Waals surface area contributed by atoms with E-state index in [2.05, 4.69) is 46.9 Å². The van der Waals surface area contributed by atoms with E-state index in [0.29, 0.717) is 23.3 Å². The minimum Gasteiger partial charge on any atom is -0.356 e. The average Bonchev–Trinajstić information content (AvgIpc) is 3.41. The van der Waals surface area contributed by atoms with Gasteiger partial charge in [0.25, 0.3) is 0 Å². The molecule has 2 aliphatic heterocycles. The second kappa shape index (κ2) is 8.21. The van der Waals surface area contributed by atoms with Gasteiger partial charge in [-0.15, -0.1) is 0 Å². The second-order valence-corrected chi connectivity index (χ2v) is 9.59. The zero-order valence-corrected chi connectivity index (χ0v) is 18.6. The molecule has 3 aliphatic rings. The molecule has 1 saturated carbocycles. The second-order valence-electron chi connectivity index (χ2n) is 9.59. The smallest absolute Gasteiger partial charge is 0.226 e. The Morgan fingerprint density at radius 1 is 1.28 bits per heavy atom.